The monoisotopic (exact) mass is 576 g/mol. The number of hydrogen-bond acceptors (Lipinski definition) is 3. The first-order chi connectivity index (χ1) is 18.8. The van der Waals surface area contributed by atoms with Crippen molar-refractivity contribution in [3.63, 3.8) is 0 Å². The molecule has 10 heteroatoms. The quantitative estimate of drug-likeness (QED) is 0.288. The van der Waals surface area contributed by atoms with E-state index >= 15 is 0 Å². The minimum atomic E-state index is -1.20. The zero-order valence-electron chi connectivity index (χ0n) is 22.7. The maximum atomic E-state index is 14.0. The number of halogens is 2. The Morgan fingerprint density at radius 3 is 1.97 bits per heavy atom. The standard InChI is InChI=1S/C29H38Cl2N4O4/c1-3-5-10-14-32(15-11-6-4-2)28(38)33-16-17-34(26(21-33)27(36)37)29(39)35(24-12-8-7-9-13-24)25-19-22(30)18-23(31)20-25/h7-9,12-13,18-20,26H,3-6,10-11,14-17,21H2,1-2H3,(H,36,37)/t26-/m0/s1. The minimum Gasteiger partial charge on any atom is -0.480 e. The molecule has 0 radical (unpaired) electrons. The van der Waals surface area contributed by atoms with Crippen molar-refractivity contribution in [2.45, 2.75) is 58.4 Å². The van der Waals surface area contributed by atoms with E-state index in [9.17, 15) is 19.5 Å². The number of urea groups is 2. The SMILES string of the molecule is CCCCCN(CCCCC)C(=O)N1CCN(C(=O)N(c2ccccc2)c2cc(Cl)cc(Cl)c2)[C@H](C(=O)O)C1. The highest BCUT2D eigenvalue weighted by Gasteiger charge is 2.40. The summed E-state index contributed by atoms with van der Waals surface area (Å²) in [6.45, 7) is 5.76. The number of carbonyl (C=O) groups excluding carboxylic acids is 2. The van der Waals surface area contributed by atoms with E-state index < -0.39 is 18.0 Å². The molecule has 3 rings (SSSR count). The van der Waals surface area contributed by atoms with E-state index in [-0.39, 0.29) is 25.7 Å². The fourth-order valence-electron chi connectivity index (χ4n) is 4.75. The Labute approximate surface area is 241 Å². The van der Waals surface area contributed by atoms with Crippen LogP contribution < -0.4 is 4.90 Å². The van der Waals surface area contributed by atoms with Gasteiger partial charge in [-0.15, -0.1) is 0 Å². The first-order valence-corrected chi connectivity index (χ1v) is 14.4. The van der Waals surface area contributed by atoms with Crippen LogP contribution >= 0.6 is 23.2 Å². The summed E-state index contributed by atoms with van der Waals surface area (Å²) < 4.78 is 0. The number of hydrogen-bond donors (Lipinski definition) is 1. The first kappa shape index (κ1) is 30.6. The summed E-state index contributed by atoms with van der Waals surface area (Å²) in [6.07, 6.45) is 5.97. The number of carbonyl (C=O) groups is 3. The van der Waals surface area contributed by atoms with E-state index in [1.807, 2.05) is 11.0 Å². The summed E-state index contributed by atoms with van der Waals surface area (Å²) in [7, 11) is 0. The number of benzene rings is 2. The third-order valence-electron chi connectivity index (χ3n) is 6.83. The lowest BCUT2D eigenvalue weighted by molar-refractivity contribution is -0.143. The molecule has 0 unspecified atom stereocenters. The number of aliphatic carboxylic acids is 1. The Kier molecular flexibility index (Phi) is 11.7. The molecule has 39 heavy (non-hydrogen) atoms. The van der Waals surface area contributed by atoms with E-state index in [1.54, 1.807) is 47.4 Å². The maximum absolute atomic E-state index is 14.0. The third kappa shape index (κ3) is 8.26. The molecule has 1 fully saturated rings. The Morgan fingerprint density at radius 2 is 1.44 bits per heavy atom. The zero-order valence-corrected chi connectivity index (χ0v) is 24.2. The number of para-hydroxylation sites is 1. The van der Waals surface area contributed by atoms with Crippen LogP contribution in [0.2, 0.25) is 10.0 Å². The van der Waals surface area contributed by atoms with Crippen molar-refractivity contribution in [2.75, 3.05) is 37.6 Å². The van der Waals surface area contributed by atoms with E-state index in [0.29, 0.717) is 34.5 Å². The molecule has 0 spiro atoms. The molecular formula is C29H38Cl2N4O4. The molecule has 1 saturated heterocycles. The highest BCUT2D eigenvalue weighted by Crippen LogP contribution is 2.32. The molecule has 1 aliphatic heterocycles. The molecule has 0 aliphatic carbocycles. The van der Waals surface area contributed by atoms with Gasteiger partial charge in [0.25, 0.3) is 0 Å². The van der Waals surface area contributed by atoms with Gasteiger partial charge in [0.15, 0.2) is 0 Å². The highest BCUT2D eigenvalue weighted by molar-refractivity contribution is 6.35. The lowest BCUT2D eigenvalue weighted by Gasteiger charge is -2.42. The molecule has 2 aromatic carbocycles. The van der Waals surface area contributed by atoms with Gasteiger partial charge in [-0.1, -0.05) is 80.9 Å². The van der Waals surface area contributed by atoms with Crippen molar-refractivity contribution in [1.82, 2.24) is 14.7 Å². The molecule has 1 N–H and O–H groups in total. The van der Waals surface area contributed by atoms with Gasteiger partial charge in [-0.2, -0.15) is 0 Å². The van der Waals surface area contributed by atoms with Gasteiger partial charge in [0, 0.05) is 36.2 Å². The van der Waals surface area contributed by atoms with Crippen LogP contribution in [0.4, 0.5) is 21.0 Å². The maximum Gasteiger partial charge on any atom is 0.329 e. The van der Waals surface area contributed by atoms with Gasteiger partial charge in [-0.25, -0.2) is 14.4 Å². The molecule has 0 aromatic heterocycles. The van der Waals surface area contributed by atoms with E-state index in [0.717, 1.165) is 38.5 Å². The number of piperazine rings is 1. The van der Waals surface area contributed by atoms with Crippen molar-refractivity contribution in [2.24, 2.45) is 0 Å². The van der Waals surface area contributed by atoms with E-state index in [1.165, 1.54) is 9.80 Å². The fraction of sp³-hybridized carbons (Fsp3) is 0.483. The Bertz CT molecular complexity index is 1090. The van der Waals surface area contributed by atoms with Crippen molar-refractivity contribution >= 4 is 52.6 Å². The van der Waals surface area contributed by atoms with Crippen LogP contribution in [-0.2, 0) is 4.79 Å². The number of carboxylic acids is 1. The molecule has 1 aliphatic rings. The molecule has 8 nitrogen and oxygen atoms in total. The van der Waals surface area contributed by atoms with E-state index in [2.05, 4.69) is 13.8 Å². The summed E-state index contributed by atoms with van der Waals surface area (Å²) in [6, 6.07) is 11.8. The molecule has 0 bridgehead atoms. The Morgan fingerprint density at radius 1 is 0.846 bits per heavy atom. The van der Waals surface area contributed by atoms with Gasteiger partial charge in [0.2, 0.25) is 0 Å². The number of rotatable bonds is 11. The molecule has 4 amide bonds. The average Bonchev–Trinajstić information content (AvgIpc) is 2.92. The smallest absolute Gasteiger partial charge is 0.329 e. The van der Waals surface area contributed by atoms with Crippen molar-refractivity contribution < 1.29 is 19.5 Å². The van der Waals surface area contributed by atoms with E-state index in [4.69, 9.17) is 23.2 Å². The van der Waals surface area contributed by atoms with Gasteiger partial charge in [0.1, 0.15) is 6.04 Å². The second-order valence-corrected chi connectivity index (χ2v) is 10.6. The fourth-order valence-corrected chi connectivity index (χ4v) is 5.26. The molecule has 1 atom stereocenters. The number of unbranched alkanes of at least 4 members (excludes halogenated alkanes) is 4. The lowest BCUT2D eigenvalue weighted by atomic mass is 10.1. The van der Waals surface area contributed by atoms with Crippen molar-refractivity contribution in [3.8, 4) is 0 Å². The number of nitrogens with zero attached hydrogens (tertiary/aromatic N) is 4. The minimum absolute atomic E-state index is 0.0803. The van der Waals surface area contributed by atoms with Crippen molar-refractivity contribution in [1.29, 1.82) is 0 Å². The summed E-state index contributed by atoms with van der Waals surface area (Å²) >= 11 is 12.5. The van der Waals surface area contributed by atoms with Gasteiger partial charge in [-0.3, -0.25) is 4.90 Å². The predicted octanol–water partition coefficient (Wildman–Crippen LogP) is 7.12. The third-order valence-corrected chi connectivity index (χ3v) is 7.26. The molecule has 0 saturated carbocycles. The Balaban J connectivity index is 1.85. The van der Waals surface area contributed by atoms with Crippen LogP contribution in [0.5, 0.6) is 0 Å². The second-order valence-electron chi connectivity index (χ2n) is 9.76. The van der Waals surface area contributed by atoms with Gasteiger partial charge in [0.05, 0.1) is 17.9 Å². The molecule has 1 heterocycles. The van der Waals surface area contributed by atoms with Gasteiger partial charge < -0.3 is 19.8 Å². The summed E-state index contributed by atoms with van der Waals surface area (Å²) in [5, 5.41) is 10.8. The second kappa shape index (κ2) is 15.0. The summed E-state index contributed by atoms with van der Waals surface area (Å²) in [4.78, 5) is 46.0. The average molecular weight is 578 g/mol. The van der Waals surface area contributed by atoms with Crippen LogP contribution in [0, 0.1) is 0 Å². The van der Waals surface area contributed by atoms with Crippen LogP contribution in [0.1, 0.15) is 52.4 Å². The zero-order chi connectivity index (χ0) is 28.4. The topological polar surface area (TPSA) is 84.4 Å². The van der Waals surface area contributed by atoms with Crippen LogP contribution in [0.15, 0.2) is 48.5 Å². The number of amides is 4. The summed E-state index contributed by atoms with van der Waals surface area (Å²) in [5.74, 6) is -1.17. The number of anilines is 2. The van der Waals surface area contributed by atoms with Gasteiger partial charge >= 0.3 is 18.0 Å². The first-order valence-electron chi connectivity index (χ1n) is 13.6. The normalized spacial score (nSPS) is 15.2. The lowest BCUT2D eigenvalue weighted by Crippen LogP contribution is -2.62. The largest absolute Gasteiger partial charge is 0.480 e. The Hall–Kier alpha value is -2.97. The van der Waals surface area contributed by atoms with Crippen LogP contribution in [0.3, 0.4) is 0 Å². The van der Waals surface area contributed by atoms with Crippen LogP contribution in [0.25, 0.3) is 0 Å². The van der Waals surface area contributed by atoms with Gasteiger partial charge in [-0.05, 0) is 43.2 Å². The van der Waals surface area contributed by atoms with Crippen molar-refractivity contribution in [3.05, 3.63) is 58.6 Å². The summed E-state index contributed by atoms with van der Waals surface area (Å²) in [5.41, 5.74) is 0.964. The predicted molar refractivity (Wildman–Crippen MR) is 156 cm³/mol. The highest BCUT2D eigenvalue weighted by atomic mass is 35.5. The van der Waals surface area contributed by atoms with Crippen LogP contribution in [-0.4, -0.2) is 76.6 Å². The number of carboxylic acid groups (broad SMARTS) is 1. The molecular weight excluding hydrogens is 539 g/mol. The molecule has 212 valence electrons. The molecule has 2 aromatic rings.